The molecule has 2 nitrogen and oxygen atoms in total. The van der Waals surface area contributed by atoms with Gasteiger partial charge >= 0.3 is 0 Å². The molecule has 0 spiro atoms. The van der Waals surface area contributed by atoms with Gasteiger partial charge in [-0.2, -0.15) is 0 Å². The van der Waals surface area contributed by atoms with Gasteiger partial charge in [-0.3, -0.25) is 0 Å². The Morgan fingerprint density at radius 1 is 0.339 bits per heavy atom. The molecule has 0 unspecified atom stereocenters. The normalized spacial score (nSPS) is 14.1. The molecule has 2 aliphatic carbocycles. The molecule has 0 atom stereocenters. The second kappa shape index (κ2) is 13.5. The number of benzene rings is 9. The van der Waals surface area contributed by atoms with E-state index in [-0.39, 0.29) is 10.8 Å². The first-order valence-electron chi connectivity index (χ1n) is 21.8. The Morgan fingerprint density at radius 3 is 1.50 bits per heavy atom. The van der Waals surface area contributed by atoms with Crippen LogP contribution in [0.25, 0.3) is 72.0 Å². The van der Waals surface area contributed by atoms with Gasteiger partial charge in [0.2, 0.25) is 0 Å². The molecule has 1 aromatic heterocycles. The van der Waals surface area contributed by atoms with Crippen LogP contribution in [0.2, 0.25) is 0 Å². The lowest BCUT2D eigenvalue weighted by atomic mass is 9.81. The average molecular weight is 795 g/mol. The van der Waals surface area contributed by atoms with Crippen molar-refractivity contribution >= 4 is 38.9 Å². The zero-order valence-electron chi connectivity index (χ0n) is 35.5. The predicted molar refractivity (Wildman–Crippen MR) is 261 cm³/mol. The third kappa shape index (κ3) is 5.36. The summed E-state index contributed by atoms with van der Waals surface area (Å²) in [5.41, 5.74) is 22.6. The minimum absolute atomic E-state index is 0.0453. The van der Waals surface area contributed by atoms with Crippen molar-refractivity contribution in [3.05, 3.63) is 229 Å². The molecule has 12 rings (SSSR count). The van der Waals surface area contributed by atoms with Gasteiger partial charge in [-0.1, -0.05) is 167 Å². The molecule has 2 heteroatoms. The molecule has 62 heavy (non-hydrogen) atoms. The average Bonchev–Trinajstić information content (AvgIpc) is 3.87. The van der Waals surface area contributed by atoms with Crippen LogP contribution in [0.15, 0.2) is 206 Å². The number of aromatic nitrogens is 1. The summed E-state index contributed by atoms with van der Waals surface area (Å²) in [5.74, 6) is 0. The molecule has 0 radical (unpaired) electrons. The van der Waals surface area contributed by atoms with E-state index >= 15 is 0 Å². The fourth-order valence-corrected chi connectivity index (χ4v) is 10.9. The van der Waals surface area contributed by atoms with Crippen LogP contribution >= 0.6 is 0 Å². The Balaban J connectivity index is 0.968. The van der Waals surface area contributed by atoms with Gasteiger partial charge in [0.05, 0.1) is 11.0 Å². The number of nitrogens with zero attached hydrogens (tertiary/aromatic N) is 2. The molecule has 10 aromatic rings. The third-order valence-corrected chi connectivity index (χ3v) is 14.0. The maximum Gasteiger partial charge on any atom is 0.0547 e. The number of rotatable bonds is 6. The fourth-order valence-electron chi connectivity index (χ4n) is 10.9. The zero-order valence-corrected chi connectivity index (χ0v) is 35.5. The minimum atomic E-state index is -0.111. The maximum atomic E-state index is 2.43. The van der Waals surface area contributed by atoms with Crippen LogP contribution in [-0.2, 0) is 10.8 Å². The SMILES string of the molecule is CC1(C)c2ccccc2-c2ccc(-c3ccc(N(c4ccc(-c5cccc6c5c5ccccc5n6-c5ccccc5)cc4)c4ccc5c(c4)C(C)(C)c4ccccc4-5)cc3)cc21. The van der Waals surface area contributed by atoms with Crippen molar-refractivity contribution in [2.75, 3.05) is 4.90 Å². The van der Waals surface area contributed by atoms with E-state index in [0.717, 1.165) is 17.1 Å². The topological polar surface area (TPSA) is 8.17 Å². The highest BCUT2D eigenvalue weighted by Gasteiger charge is 2.37. The van der Waals surface area contributed by atoms with Crippen molar-refractivity contribution in [3.63, 3.8) is 0 Å². The highest BCUT2D eigenvalue weighted by Crippen LogP contribution is 2.52. The molecule has 0 bridgehead atoms. The van der Waals surface area contributed by atoms with Crippen LogP contribution in [0.3, 0.4) is 0 Å². The monoisotopic (exact) mass is 794 g/mol. The van der Waals surface area contributed by atoms with E-state index in [9.17, 15) is 0 Å². The van der Waals surface area contributed by atoms with Gasteiger partial charge in [-0.15, -0.1) is 0 Å². The Kier molecular flexibility index (Phi) is 7.96. The lowest BCUT2D eigenvalue weighted by molar-refractivity contribution is 0.660. The maximum absolute atomic E-state index is 2.43. The van der Waals surface area contributed by atoms with E-state index < -0.39 is 0 Å². The van der Waals surface area contributed by atoms with Crippen LogP contribution in [0.5, 0.6) is 0 Å². The molecular formula is C60H46N2. The van der Waals surface area contributed by atoms with Crippen LogP contribution in [-0.4, -0.2) is 4.57 Å². The third-order valence-electron chi connectivity index (χ3n) is 14.0. The second-order valence-corrected chi connectivity index (χ2v) is 18.1. The van der Waals surface area contributed by atoms with Crippen molar-refractivity contribution < 1.29 is 0 Å². The summed E-state index contributed by atoms with van der Waals surface area (Å²) in [5, 5.41) is 2.53. The van der Waals surface area contributed by atoms with E-state index in [0.29, 0.717) is 0 Å². The quantitative estimate of drug-likeness (QED) is 0.163. The van der Waals surface area contributed by atoms with E-state index in [2.05, 4.69) is 243 Å². The Hall–Kier alpha value is -7.42. The van der Waals surface area contributed by atoms with Crippen molar-refractivity contribution in [3.8, 4) is 50.2 Å². The first kappa shape index (κ1) is 36.4. The van der Waals surface area contributed by atoms with Crippen LogP contribution < -0.4 is 4.90 Å². The number of fused-ring (bicyclic) bond motifs is 9. The van der Waals surface area contributed by atoms with E-state index in [1.165, 1.54) is 94.3 Å². The van der Waals surface area contributed by atoms with Gasteiger partial charge in [0.25, 0.3) is 0 Å². The van der Waals surface area contributed by atoms with Gasteiger partial charge < -0.3 is 9.47 Å². The predicted octanol–water partition coefficient (Wildman–Crippen LogP) is 16.2. The lowest BCUT2D eigenvalue weighted by Gasteiger charge is -2.28. The molecule has 0 amide bonds. The number of hydrogen-bond donors (Lipinski definition) is 0. The standard InChI is InChI=1S/C60H46N2/c1-59(2)52-21-11-8-17-47(52)49-35-29-41(37-54(49)59)39-25-30-43(31-26-39)61(45-34-36-50-48-18-9-12-22-53(48)60(3,4)55(50)38-45)44-32-27-40(28-33-44)46-20-14-24-57-58(46)51-19-10-13-23-56(51)62(57)42-15-6-5-7-16-42/h5-38H,1-4H3. The number of anilines is 3. The summed E-state index contributed by atoms with van der Waals surface area (Å²) in [6.45, 7) is 9.43. The molecule has 296 valence electrons. The first-order chi connectivity index (χ1) is 30.3. The molecule has 0 saturated carbocycles. The summed E-state index contributed by atoms with van der Waals surface area (Å²) in [6.07, 6.45) is 0. The summed E-state index contributed by atoms with van der Waals surface area (Å²) in [6, 6.07) is 76.5. The number of para-hydroxylation sites is 2. The van der Waals surface area contributed by atoms with Crippen molar-refractivity contribution in [2.45, 2.75) is 38.5 Å². The second-order valence-electron chi connectivity index (χ2n) is 18.1. The fraction of sp³-hybridized carbons (Fsp3) is 0.100. The summed E-state index contributed by atoms with van der Waals surface area (Å²) < 4.78 is 2.39. The molecular weight excluding hydrogens is 749 g/mol. The van der Waals surface area contributed by atoms with Crippen molar-refractivity contribution in [2.24, 2.45) is 0 Å². The van der Waals surface area contributed by atoms with Gasteiger partial charge in [0.15, 0.2) is 0 Å². The highest BCUT2D eigenvalue weighted by atomic mass is 15.1. The van der Waals surface area contributed by atoms with E-state index in [4.69, 9.17) is 0 Å². The minimum Gasteiger partial charge on any atom is -0.310 e. The lowest BCUT2D eigenvalue weighted by Crippen LogP contribution is -2.16. The highest BCUT2D eigenvalue weighted by molar-refractivity contribution is 6.15. The zero-order chi connectivity index (χ0) is 41.7. The summed E-state index contributed by atoms with van der Waals surface area (Å²) in [7, 11) is 0. The Morgan fingerprint density at radius 2 is 0.823 bits per heavy atom. The van der Waals surface area contributed by atoms with Crippen LogP contribution in [0.1, 0.15) is 49.9 Å². The van der Waals surface area contributed by atoms with Gasteiger partial charge in [-0.25, -0.2) is 0 Å². The molecule has 1 heterocycles. The first-order valence-corrected chi connectivity index (χ1v) is 21.8. The molecule has 2 aliphatic rings. The van der Waals surface area contributed by atoms with Crippen LogP contribution in [0.4, 0.5) is 17.1 Å². The van der Waals surface area contributed by atoms with E-state index in [1.54, 1.807) is 0 Å². The summed E-state index contributed by atoms with van der Waals surface area (Å²) >= 11 is 0. The van der Waals surface area contributed by atoms with Crippen LogP contribution in [0, 0.1) is 0 Å². The van der Waals surface area contributed by atoms with Gasteiger partial charge in [0.1, 0.15) is 0 Å². The largest absolute Gasteiger partial charge is 0.310 e. The van der Waals surface area contributed by atoms with Crippen molar-refractivity contribution in [1.82, 2.24) is 4.57 Å². The molecule has 0 saturated heterocycles. The molecule has 9 aromatic carbocycles. The van der Waals surface area contributed by atoms with Gasteiger partial charge in [-0.05, 0) is 133 Å². The Bertz CT molecular complexity index is 3380. The molecule has 0 aliphatic heterocycles. The summed E-state index contributed by atoms with van der Waals surface area (Å²) in [4.78, 5) is 2.43. The van der Waals surface area contributed by atoms with Gasteiger partial charge in [0, 0.05) is 44.4 Å². The Labute approximate surface area is 364 Å². The van der Waals surface area contributed by atoms with Crippen molar-refractivity contribution in [1.29, 1.82) is 0 Å². The van der Waals surface area contributed by atoms with E-state index in [1.807, 2.05) is 0 Å². The smallest absolute Gasteiger partial charge is 0.0547 e. The molecule has 0 fully saturated rings. The molecule has 0 N–H and O–H groups in total. The number of hydrogen-bond acceptors (Lipinski definition) is 1.